The molecule has 7 nitrogen and oxygen atoms in total. The van der Waals surface area contributed by atoms with Gasteiger partial charge in [0, 0.05) is 23.6 Å². The minimum absolute atomic E-state index is 0.0222. The molecule has 2 heterocycles. The van der Waals surface area contributed by atoms with Crippen molar-refractivity contribution in [2.24, 2.45) is 0 Å². The average Bonchev–Trinajstić information content (AvgIpc) is 2.85. The zero-order valence-electron chi connectivity index (χ0n) is 10.7. The van der Waals surface area contributed by atoms with Gasteiger partial charge in [0.2, 0.25) is 5.91 Å². The number of hydrazine groups is 1. The van der Waals surface area contributed by atoms with Crippen molar-refractivity contribution in [1.82, 2.24) is 20.7 Å². The molecule has 20 heavy (non-hydrogen) atoms. The van der Waals surface area contributed by atoms with Gasteiger partial charge in [0.05, 0.1) is 0 Å². The van der Waals surface area contributed by atoms with Crippen molar-refractivity contribution in [1.29, 1.82) is 0 Å². The van der Waals surface area contributed by atoms with E-state index in [0.717, 1.165) is 17.3 Å². The van der Waals surface area contributed by atoms with E-state index in [1.807, 2.05) is 0 Å². The second kappa shape index (κ2) is 6.56. The number of carbonyl (C=O) groups excluding carboxylic acids is 3. The Morgan fingerprint density at radius 3 is 2.80 bits per heavy atom. The minimum Gasteiger partial charge on any atom is -0.356 e. The van der Waals surface area contributed by atoms with Crippen LogP contribution in [-0.4, -0.2) is 40.7 Å². The number of carbonyl (C=O) groups is 3. The number of aromatic nitrogens is 1. The lowest BCUT2D eigenvalue weighted by Crippen LogP contribution is -2.48. The van der Waals surface area contributed by atoms with E-state index in [4.69, 9.17) is 0 Å². The standard InChI is InChI=1S/C12H15BrN4O3/c13-8-5-9(14-6-8)12(20)16-15-10(18)7-17-4-2-1-3-11(17)19/h5-6,14H,1-4,7H2,(H,15,18)(H,16,20). The number of H-pyrrole nitrogens is 1. The summed E-state index contributed by atoms with van der Waals surface area (Å²) in [5.41, 5.74) is 4.90. The molecule has 1 saturated heterocycles. The minimum atomic E-state index is -0.450. The van der Waals surface area contributed by atoms with E-state index in [1.165, 1.54) is 4.90 Å². The molecule has 3 amide bonds. The normalized spacial score (nSPS) is 15.1. The first-order valence-electron chi connectivity index (χ1n) is 6.27. The summed E-state index contributed by atoms with van der Waals surface area (Å²) in [4.78, 5) is 39.1. The highest BCUT2D eigenvalue weighted by molar-refractivity contribution is 9.10. The maximum atomic E-state index is 11.7. The third-order valence-electron chi connectivity index (χ3n) is 2.96. The third kappa shape index (κ3) is 3.83. The van der Waals surface area contributed by atoms with E-state index in [1.54, 1.807) is 12.3 Å². The average molecular weight is 343 g/mol. The summed E-state index contributed by atoms with van der Waals surface area (Å²) in [5, 5.41) is 0. The number of nitrogens with zero attached hydrogens (tertiary/aromatic N) is 1. The molecule has 108 valence electrons. The van der Waals surface area contributed by atoms with Crippen LogP contribution in [0.1, 0.15) is 29.8 Å². The quantitative estimate of drug-likeness (QED) is 0.700. The van der Waals surface area contributed by atoms with Gasteiger partial charge in [-0.15, -0.1) is 0 Å². The Balaban J connectivity index is 1.77. The van der Waals surface area contributed by atoms with E-state index in [9.17, 15) is 14.4 Å². The van der Waals surface area contributed by atoms with Crippen molar-refractivity contribution in [3.05, 3.63) is 22.4 Å². The van der Waals surface area contributed by atoms with Crippen LogP contribution in [0, 0.1) is 0 Å². The van der Waals surface area contributed by atoms with Gasteiger partial charge in [0.15, 0.2) is 0 Å². The number of rotatable bonds is 3. The number of piperidine rings is 1. The molecule has 1 fully saturated rings. The third-order valence-corrected chi connectivity index (χ3v) is 3.42. The molecule has 2 rings (SSSR count). The van der Waals surface area contributed by atoms with Crippen LogP contribution >= 0.6 is 15.9 Å². The lowest BCUT2D eigenvalue weighted by molar-refractivity contribution is -0.138. The monoisotopic (exact) mass is 342 g/mol. The second-order valence-electron chi connectivity index (χ2n) is 4.51. The Kier molecular flexibility index (Phi) is 4.78. The van der Waals surface area contributed by atoms with Gasteiger partial charge in [0.25, 0.3) is 11.8 Å². The van der Waals surface area contributed by atoms with Crippen molar-refractivity contribution in [2.45, 2.75) is 19.3 Å². The van der Waals surface area contributed by atoms with Crippen molar-refractivity contribution < 1.29 is 14.4 Å². The fourth-order valence-electron chi connectivity index (χ4n) is 1.93. The molecular formula is C12H15BrN4O3. The summed E-state index contributed by atoms with van der Waals surface area (Å²) in [6.45, 7) is 0.553. The molecule has 3 N–H and O–H groups in total. The van der Waals surface area contributed by atoms with Crippen LogP contribution in [0.25, 0.3) is 0 Å². The summed E-state index contributed by atoms with van der Waals surface area (Å²) in [5.74, 6) is -0.890. The Labute approximate surface area is 124 Å². The molecule has 0 aliphatic carbocycles. The van der Waals surface area contributed by atoms with Crippen LogP contribution in [0.4, 0.5) is 0 Å². The van der Waals surface area contributed by atoms with E-state index >= 15 is 0 Å². The summed E-state index contributed by atoms with van der Waals surface area (Å²) < 4.78 is 0.743. The predicted octanol–water partition coefficient (Wildman–Crippen LogP) is 0.551. The highest BCUT2D eigenvalue weighted by Gasteiger charge is 2.20. The molecule has 0 spiro atoms. The molecule has 0 unspecified atom stereocenters. The fourth-order valence-corrected chi connectivity index (χ4v) is 2.28. The number of halogens is 1. The molecule has 1 aromatic heterocycles. The van der Waals surface area contributed by atoms with Crippen LogP contribution in [0.15, 0.2) is 16.7 Å². The Bertz CT molecular complexity index is 529. The first kappa shape index (κ1) is 14.6. The smallest absolute Gasteiger partial charge is 0.286 e. The topological polar surface area (TPSA) is 94.3 Å². The van der Waals surface area contributed by atoms with Gasteiger partial charge in [-0.05, 0) is 34.8 Å². The van der Waals surface area contributed by atoms with E-state index in [2.05, 4.69) is 31.8 Å². The van der Waals surface area contributed by atoms with Crippen LogP contribution in [0.2, 0.25) is 0 Å². The maximum absolute atomic E-state index is 11.7. The maximum Gasteiger partial charge on any atom is 0.286 e. The lowest BCUT2D eigenvalue weighted by Gasteiger charge is -2.25. The zero-order chi connectivity index (χ0) is 14.5. The highest BCUT2D eigenvalue weighted by Crippen LogP contribution is 2.10. The number of nitrogens with one attached hydrogen (secondary N) is 3. The van der Waals surface area contributed by atoms with Crippen LogP contribution in [-0.2, 0) is 9.59 Å². The first-order chi connectivity index (χ1) is 9.56. The number of amides is 3. The number of likely N-dealkylation sites (tertiary alicyclic amines) is 1. The van der Waals surface area contributed by atoms with E-state index in [-0.39, 0.29) is 12.5 Å². The fraction of sp³-hybridized carbons (Fsp3) is 0.417. The summed E-state index contributed by atoms with van der Waals surface area (Å²) in [6, 6.07) is 1.59. The van der Waals surface area contributed by atoms with Gasteiger partial charge >= 0.3 is 0 Å². The van der Waals surface area contributed by atoms with Gasteiger partial charge < -0.3 is 9.88 Å². The molecular weight excluding hydrogens is 328 g/mol. The Morgan fingerprint density at radius 2 is 2.15 bits per heavy atom. The lowest BCUT2D eigenvalue weighted by atomic mass is 10.1. The van der Waals surface area contributed by atoms with Crippen LogP contribution < -0.4 is 10.9 Å². The molecule has 0 bridgehead atoms. The second-order valence-corrected chi connectivity index (χ2v) is 5.42. The molecule has 0 saturated carbocycles. The van der Waals surface area contributed by atoms with Crippen molar-refractivity contribution in [2.75, 3.05) is 13.1 Å². The highest BCUT2D eigenvalue weighted by atomic mass is 79.9. The van der Waals surface area contributed by atoms with Crippen LogP contribution in [0.3, 0.4) is 0 Å². The molecule has 8 heteroatoms. The summed E-state index contributed by atoms with van der Waals surface area (Å²) >= 11 is 3.21. The summed E-state index contributed by atoms with van der Waals surface area (Å²) in [7, 11) is 0. The Hall–Kier alpha value is -1.83. The van der Waals surface area contributed by atoms with Crippen LogP contribution in [0.5, 0.6) is 0 Å². The predicted molar refractivity (Wildman–Crippen MR) is 74.5 cm³/mol. The molecule has 1 aliphatic heterocycles. The van der Waals surface area contributed by atoms with Crippen molar-refractivity contribution in [3.8, 4) is 0 Å². The number of hydrogen-bond donors (Lipinski definition) is 3. The molecule has 0 radical (unpaired) electrons. The van der Waals surface area contributed by atoms with Gasteiger partial charge in [-0.1, -0.05) is 0 Å². The Morgan fingerprint density at radius 1 is 1.35 bits per heavy atom. The number of hydrogen-bond acceptors (Lipinski definition) is 3. The van der Waals surface area contributed by atoms with Crippen molar-refractivity contribution >= 4 is 33.7 Å². The van der Waals surface area contributed by atoms with Crippen molar-refractivity contribution in [3.63, 3.8) is 0 Å². The van der Waals surface area contributed by atoms with Gasteiger partial charge in [-0.3, -0.25) is 25.2 Å². The van der Waals surface area contributed by atoms with Gasteiger partial charge in [-0.25, -0.2) is 0 Å². The molecule has 0 aromatic carbocycles. The van der Waals surface area contributed by atoms with Gasteiger partial charge in [-0.2, -0.15) is 0 Å². The molecule has 0 atom stereocenters. The zero-order valence-corrected chi connectivity index (χ0v) is 12.3. The number of aromatic amines is 1. The van der Waals surface area contributed by atoms with E-state index < -0.39 is 11.8 Å². The molecule has 1 aromatic rings. The van der Waals surface area contributed by atoms with E-state index in [0.29, 0.717) is 18.7 Å². The largest absolute Gasteiger partial charge is 0.356 e. The molecule has 1 aliphatic rings. The van der Waals surface area contributed by atoms with Gasteiger partial charge in [0.1, 0.15) is 12.2 Å². The first-order valence-corrected chi connectivity index (χ1v) is 7.06. The SMILES string of the molecule is O=C(CN1CCCCC1=O)NNC(=O)c1cc(Br)c[nH]1. The summed E-state index contributed by atoms with van der Waals surface area (Å²) in [6.07, 6.45) is 3.87.